The van der Waals surface area contributed by atoms with Crippen LogP contribution in [0, 0.1) is 13.8 Å². The Kier molecular flexibility index (Phi) is 10.2. The predicted molar refractivity (Wildman–Crippen MR) is 151 cm³/mol. The summed E-state index contributed by atoms with van der Waals surface area (Å²) in [5.41, 5.74) is 2.96. The van der Waals surface area contributed by atoms with Gasteiger partial charge in [-0.05, 0) is 68.0 Å². The summed E-state index contributed by atoms with van der Waals surface area (Å²) in [4.78, 5) is 28.9. The molecule has 1 aliphatic rings. The van der Waals surface area contributed by atoms with E-state index >= 15 is 0 Å². The van der Waals surface area contributed by atoms with E-state index in [9.17, 15) is 18.0 Å². The number of benzene rings is 2. The zero-order valence-electron chi connectivity index (χ0n) is 23.2. The van der Waals surface area contributed by atoms with Gasteiger partial charge in [-0.1, -0.05) is 50.5 Å². The minimum absolute atomic E-state index is 0.0986. The van der Waals surface area contributed by atoms with E-state index in [1.165, 1.54) is 11.3 Å². The first-order valence-corrected chi connectivity index (χ1v) is 15.2. The molecule has 2 aromatic carbocycles. The van der Waals surface area contributed by atoms with E-state index in [0.717, 1.165) is 52.9 Å². The van der Waals surface area contributed by atoms with Crippen LogP contribution in [0.3, 0.4) is 0 Å². The van der Waals surface area contributed by atoms with E-state index in [4.69, 9.17) is 4.74 Å². The van der Waals surface area contributed by atoms with E-state index in [0.29, 0.717) is 17.9 Å². The summed E-state index contributed by atoms with van der Waals surface area (Å²) in [6, 6.07) is 12.1. The van der Waals surface area contributed by atoms with Gasteiger partial charge < -0.3 is 15.0 Å². The zero-order chi connectivity index (χ0) is 27.9. The Hall–Kier alpha value is -3.07. The van der Waals surface area contributed by atoms with Gasteiger partial charge in [0.05, 0.1) is 19.1 Å². The number of sulfonamides is 1. The lowest BCUT2D eigenvalue weighted by molar-refractivity contribution is -0.140. The summed E-state index contributed by atoms with van der Waals surface area (Å²) in [6.45, 7) is 5.36. The van der Waals surface area contributed by atoms with Crippen LogP contribution < -0.4 is 14.4 Å². The Morgan fingerprint density at radius 3 is 2.39 bits per heavy atom. The van der Waals surface area contributed by atoms with Crippen molar-refractivity contribution in [1.29, 1.82) is 0 Å². The van der Waals surface area contributed by atoms with E-state index < -0.39 is 28.5 Å². The molecule has 1 aliphatic carbocycles. The van der Waals surface area contributed by atoms with E-state index in [1.54, 1.807) is 19.2 Å². The molecule has 9 heteroatoms. The van der Waals surface area contributed by atoms with Gasteiger partial charge in [0.25, 0.3) is 0 Å². The number of carbonyl (C=O) groups is 2. The number of anilines is 1. The third-order valence-electron chi connectivity index (χ3n) is 7.35. The maximum Gasteiger partial charge on any atom is 0.244 e. The molecule has 3 rings (SSSR count). The molecule has 0 radical (unpaired) electrons. The zero-order valence-corrected chi connectivity index (χ0v) is 24.0. The van der Waals surface area contributed by atoms with Crippen molar-refractivity contribution in [1.82, 2.24) is 10.2 Å². The summed E-state index contributed by atoms with van der Waals surface area (Å²) in [5, 5.41) is 3.16. The summed E-state index contributed by atoms with van der Waals surface area (Å²) < 4.78 is 32.3. The standard InChI is InChI=1S/C29H41N3O5S/c1-6-26(29(34)30-24-14-8-7-9-15-24)31(19-23-13-11-16-25(18-23)37-4)28(33)20-32(38(5,35)36)27-17-10-12-21(2)22(27)3/h10-13,16-18,24,26H,6-9,14-15,19-20H2,1-5H3,(H,30,34). The monoisotopic (exact) mass is 543 g/mol. The van der Waals surface area contributed by atoms with Crippen LogP contribution in [0.5, 0.6) is 5.75 Å². The molecule has 0 bridgehead atoms. The predicted octanol–water partition coefficient (Wildman–Crippen LogP) is 4.33. The summed E-state index contributed by atoms with van der Waals surface area (Å²) in [5.74, 6) is 0.000774. The van der Waals surface area contributed by atoms with Crippen LogP contribution in [-0.2, 0) is 26.2 Å². The topological polar surface area (TPSA) is 96.0 Å². The molecule has 38 heavy (non-hydrogen) atoms. The summed E-state index contributed by atoms with van der Waals surface area (Å²) >= 11 is 0. The van der Waals surface area contributed by atoms with Gasteiger partial charge in [-0.3, -0.25) is 13.9 Å². The van der Waals surface area contributed by atoms with Crippen molar-refractivity contribution in [3.8, 4) is 5.75 Å². The van der Waals surface area contributed by atoms with Crippen LogP contribution in [0.4, 0.5) is 5.69 Å². The normalized spacial score (nSPS) is 15.0. The number of methoxy groups -OCH3 is 1. The fourth-order valence-corrected chi connectivity index (χ4v) is 5.93. The number of hydrogen-bond acceptors (Lipinski definition) is 5. The number of nitrogens with one attached hydrogen (secondary N) is 1. The molecule has 0 heterocycles. The second-order valence-electron chi connectivity index (χ2n) is 10.1. The smallest absolute Gasteiger partial charge is 0.244 e. The number of rotatable bonds is 11. The number of carbonyl (C=O) groups excluding carboxylic acids is 2. The third kappa shape index (κ3) is 7.49. The number of amides is 2. The van der Waals surface area contributed by atoms with Crippen molar-refractivity contribution in [2.45, 2.75) is 77.9 Å². The van der Waals surface area contributed by atoms with Gasteiger partial charge in [0.2, 0.25) is 21.8 Å². The van der Waals surface area contributed by atoms with Gasteiger partial charge in [0.1, 0.15) is 18.3 Å². The molecule has 0 aromatic heterocycles. The lowest BCUT2D eigenvalue weighted by Gasteiger charge is -2.34. The molecule has 208 valence electrons. The molecular weight excluding hydrogens is 502 g/mol. The van der Waals surface area contributed by atoms with E-state index in [1.807, 2.05) is 51.1 Å². The third-order valence-corrected chi connectivity index (χ3v) is 8.47. The number of hydrogen-bond donors (Lipinski definition) is 1. The summed E-state index contributed by atoms with van der Waals surface area (Å²) in [6.07, 6.45) is 6.68. The quantitative estimate of drug-likeness (QED) is 0.455. The number of aryl methyl sites for hydroxylation is 1. The van der Waals surface area contributed by atoms with Crippen LogP contribution in [0.1, 0.15) is 62.1 Å². The average molecular weight is 544 g/mol. The fraction of sp³-hybridized carbons (Fsp3) is 0.517. The Balaban J connectivity index is 1.96. The largest absolute Gasteiger partial charge is 0.497 e. The highest BCUT2D eigenvalue weighted by atomic mass is 32.2. The van der Waals surface area contributed by atoms with Crippen molar-refractivity contribution in [2.75, 3.05) is 24.2 Å². The molecule has 2 aromatic rings. The van der Waals surface area contributed by atoms with Crippen molar-refractivity contribution >= 4 is 27.5 Å². The Morgan fingerprint density at radius 2 is 1.76 bits per heavy atom. The molecule has 2 amide bonds. The van der Waals surface area contributed by atoms with Crippen LogP contribution in [0.2, 0.25) is 0 Å². The van der Waals surface area contributed by atoms with Crippen molar-refractivity contribution in [3.63, 3.8) is 0 Å². The first-order chi connectivity index (χ1) is 18.0. The number of nitrogens with zero attached hydrogens (tertiary/aromatic N) is 2. The van der Waals surface area contributed by atoms with Gasteiger partial charge in [-0.2, -0.15) is 0 Å². The van der Waals surface area contributed by atoms with E-state index in [-0.39, 0.29) is 18.5 Å². The molecule has 1 fully saturated rings. The van der Waals surface area contributed by atoms with Crippen LogP contribution in [0.25, 0.3) is 0 Å². The second-order valence-corrected chi connectivity index (χ2v) is 12.0. The lowest BCUT2D eigenvalue weighted by atomic mass is 9.95. The second kappa shape index (κ2) is 13.1. The van der Waals surface area contributed by atoms with Crippen LogP contribution >= 0.6 is 0 Å². The van der Waals surface area contributed by atoms with Crippen LogP contribution in [-0.4, -0.2) is 57.1 Å². The molecule has 0 spiro atoms. The molecule has 0 saturated heterocycles. The maximum atomic E-state index is 13.9. The van der Waals surface area contributed by atoms with Gasteiger partial charge in [0, 0.05) is 12.6 Å². The Bertz CT molecular complexity index is 1220. The molecule has 8 nitrogen and oxygen atoms in total. The van der Waals surface area contributed by atoms with Gasteiger partial charge in [-0.25, -0.2) is 8.42 Å². The first kappa shape index (κ1) is 29.5. The SMILES string of the molecule is CCC(C(=O)NC1CCCCC1)N(Cc1cccc(OC)c1)C(=O)CN(c1cccc(C)c1C)S(C)(=O)=O. The lowest BCUT2D eigenvalue weighted by Crippen LogP contribution is -2.54. The molecular formula is C29H41N3O5S. The van der Waals surface area contributed by atoms with Crippen molar-refractivity contribution in [3.05, 3.63) is 59.2 Å². The molecule has 1 unspecified atom stereocenters. The van der Waals surface area contributed by atoms with Gasteiger partial charge in [-0.15, -0.1) is 0 Å². The number of ether oxygens (including phenoxy) is 1. The van der Waals surface area contributed by atoms with Crippen molar-refractivity contribution in [2.24, 2.45) is 0 Å². The van der Waals surface area contributed by atoms with Crippen LogP contribution in [0.15, 0.2) is 42.5 Å². The summed E-state index contributed by atoms with van der Waals surface area (Å²) in [7, 11) is -2.21. The van der Waals surface area contributed by atoms with Gasteiger partial charge >= 0.3 is 0 Å². The molecule has 1 saturated carbocycles. The Morgan fingerprint density at radius 1 is 1.08 bits per heavy atom. The van der Waals surface area contributed by atoms with Crippen molar-refractivity contribution < 1.29 is 22.7 Å². The fourth-order valence-electron chi connectivity index (χ4n) is 5.03. The maximum absolute atomic E-state index is 13.9. The molecule has 1 N–H and O–H groups in total. The average Bonchev–Trinajstić information content (AvgIpc) is 2.89. The molecule has 0 aliphatic heterocycles. The highest BCUT2D eigenvalue weighted by Crippen LogP contribution is 2.26. The Labute approximate surface area is 227 Å². The molecule has 1 atom stereocenters. The first-order valence-electron chi connectivity index (χ1n) is 13.3. The van der Waals surface area contributed by atoms with Gasteiger partial charge in [0.15, 0.2) is 0 Å². The van der Waals surface area contributed by atoms with E-state index in [2.05, 4.69) is 5.32 Å². The highest BCUT2D eigenvalue weighted by molar-refractivity contribution is 7.92. The minimum Gasteiger partial charge on any atom is -0.497 e. The highest BCUT2D eigenvalue weighted by Gasteiger charge is 2.33. The minimum atomic E-state index is -3.78.